The van der Waals surface area contributed by atoms with Crippen LogP contribution in [0.3, 0.4) is 0 Å². The van der Waals surface area contributed by atoms with E-state index in [0.717, 1.165) is 18.4 Å². The first kappa shape index (κ1) is 12.7. The number of rotatable bonds is 5. The molecule has 6 nitrogen and oxygen atoms in total. The van der Waals surface area contributed by atoms with E-state index < -0.39 is 6.10 Å². The van der Waals surface area contributed by atoms with E-state index in [9.17, 15) is 4.79 Å². The van der Waals surface area contributed by atoms with Crippen LogP contribution >= 0.6 is 0 Å². The molecule has 1 fully saturated rings. The van der Waals surface area contributed by atoms with Crippen molar-refractivity contribution in [2.45, 2.75) is 31.9 Å². The lowest BCUT2D eigenvalue weighted by Gasteiger charge is -2.14. The van der Waals surface area contributed by atoms with Gasteiger partial charge in [-0.3, -0.25) is 4.79 Å². The molecular formula is C14H15N3O3. The first-order valence-electron chi connectivity index (χ1n) is 6.56. The van der Waals surface area contributed by atoms with E-state index in [1.54, 1.807) is 19.1 Å². The molecule has 1 N–H and O–H groups in total. The third-order valence-corrected chi connectivity index (χ3v) is 3.07. The lowest BCUT2D eigenvalue weighted by molar-refractivity contribution is -0.127. The molecule has 0 radical (unpaired) electrons. The van der Waals surface area contributed by atoms with Crippen molar-refractivity contribution in [2.24, 2.45) is 0 Å². The summed E-state index contributed by atoms with van der Waals surface area (Å²) in [6, 6.07) is 7.53. The molecule has 1 aliphatic carbocycles. The van der Waals surface area contributed by atoms with E-state index in [1.165, 1.54) is 6.39 Å². The van der Waals surface area contributed by atoms with Gasteiger partial charge in [-0.05, 0) is 44.0 Å². The van der Waals surface area contributed by atoms with E-state index in [1.807, 2.05) is 12.1 Å². The Morgan fingerprint density at radius 1 is 1.40 bits per heavy atom. The second-order valence-electron chi connectivity index (χ2n) is 4.81. The highest BCUT2D eigenvalue weighted by Crippen LogP contribution is 2.22. The average Bonchev–Trinajstić information content (AvgIpc) is 3.10. The second kappa shape index (κ2) is 5.32. The molecule has 0 unspecified atom stereocenters. The number of aromatic nitrogens is 2. The van der Waals surface area contributed by atoms with Gasteiger partial charge in [-0.2, -0.15) is 0 Å². The maximum Gasteiger partial charge on any atom is 0.260 e. The number of nitrogens with zero attached hydrogens (tertiary/aromatic N) is 2. The summed E-state index contributed by atoms with van der Waals surface area (Å²) < 4.78 is 10.7. The third-order valence-electron chi connectivity index (χ3n) is 3.07. The van der Waals surface area contributed by atoms with Crippen molar-refractivity contribution >= 4 is 5.91 Å². The minimum Gasteiger partial charge on any atom is -0.481 e. The van der Waals surface area contributed by atoms with Gasteiger partial charge in [0.25, 0.3) is 5.91 Å². The molecule has 104 valence electrons. The molecule has 0 saturated heterocycles. The number of hydrogen-bond donors (Lipinski definition) is 1. The van der Waals surface area contributed by atoms with Gasteiger partial charge in [0.1, 0.15) is 5.75 Å². The Hall–Kier alpha value is -2.37. The highest BCUT2D eigenvalue weighted by atomic mass is 16.5. The Labute approximate surface area is 116 Å². The van der Waals surface area contributed by atoms with Gasteiger partial charge in [0.15, 0.2) is 6.10 Å². The maximum absolute atomic E-state index is 11.8. The molecule has 1 atom stereocenters. The lowest BCUT2D eigenvalue weighted by Crippen LogP contribution is -2.37. The molecule has 20 heavy (non-hydrogen) atoms. The lowest BCUT2D eigenvalue weighted by atomic mass is 10.2. The van der Waals surface area contributed by atoms with Crippen LogP contribution in [0.25, 0.3) is 11.5 Å². The highest BCUT2D eigenvalue weighted by Gasteiger charge is 2.26. The van der Waals surface area contributed by atoms with Crippen LogP contribution in [0.5, 0.6) is 5.75 Å². The van der Waals surface area contributed by atoms with E-state index >= 15 is 0 Å². The molecule has 0 aliphatic heterocycles. The Morgan fingerprint density at radius 3 is 2.75 bits per heavy atom. The summed E-state index contributed by atoms with van der Waals surface area (Å²) in [5.41, 5.74) is 0.810. The van der Waals surface area contributed by atoms with Gasteiger partial charge in [-0.15, -0.1) is 10.2 Å². The van der Waals surface area contributed by atoms with Crippen molar-refractivity contribution in [1.82, 2.24) is 15.5 Å². The molecule has 1 aromatic heterocycles. The fourth-order valence-electron chi connectivity index (χ4n) is 1.78. The quantitative estimate of drug-likeness (QED) is 0.898. The molecule has 0 spiro atoms. The van der Waals surface area contributed by atoms with Gasteiger partial charge in [-0.1, -0.05) is 0 Å². The number of carbonyl (C=O) groups excluding carboxylic acids is 1. The molecule has 1 aromatic carbocycles. The van der Waals surface area contributed by atoms with Crippen molar-refractivity contribution in [2.75, 3.05) is 0 Å². The monoisotopic (exact) mass is 273 g/mol. The smallest absolute Gasteiger partial charge is 0.260 e. The topological polar surface area (TPSA) is 77.2 Å². The van der Waals surface area contributed by atoms with Crippen LogP contribution in [0.2, 0.25) is 0 Å². The number of amides is 1. The Kier molecular flexibility index (Phi) is 3.37. The van der Waals surface area contributed by atoms with Gasteiger partial charge < -0.3 is 14.5 Å². The van der Waals surface area contributed by atoms with Gasteiger partial charge >= 0.3 is 0 Å². The van der Waals surface area contributed by atoms with Crippen molar-refractivity contribution in [3.63, 3.8) is 0 Å². The molecule has 2 aromatic rings. The summed E-state index contributed by atoms with van der Waals surface area (Å²) in [5.74, 6) is 1.01. The van der Waals surface area contributed by atoms with Crippen molar-refractivity contribution in [1.29, 1.82) is 0 Å². The molecule has 1 aliphatic rings. The molecule has 1 amide bonds. The van der Waals surface area contributed by atoms with Gasteiger partial charge in [0.05, 0.1) is 0 Å². The van der Waals surface area contributed by atoms with Crippen LogP contribution in [-0.2, 0) is 4.79 Å². The zero-order valence-corrected chi connectivity index (χ0v) is 11.1. The number of hydrogen-bond acceptors (Lipinski definition) is 5. The summed E-state index contributed by atoms with van der Waals surface area (Å²) in [6.45, 7) is 1.74. The zero-order valence-electron chi connectivity index (χ0n) is 11.1. The van der Waals surface area contributed by atoms with Crippen LogP contribution in [0, 0.1) is 0 Å². The molecule has 1 saturated carbocycles. The normalized spacial score (nSPS) is 15.7. The van der Waals surface area contributed by atoms with Crippen LogP contribution in [0.15, 0.2) is 35.1 Å². The minimum atomic E-state index is -0.509. The van der Waals surface area contributed by atoms with Crippen LogP contribution in [0.4, 0.5) is 0 Å². The average molecular weight is 273 g/mol. The maximum atomic E-state index is 11.8. The van der Waals surface area contributed by atoms with Crippen molar-refractivity contribution < 1.29 is 13.9 Å². The van der Waals surface area contributed by atoms with Gasteiger partial charge in [0.2, 0.25) is 12.3 Å². The fourth-order valence-corrected chi connectivity index (χ4v) is 1.78. The molecular weight excluding hydrogens is 258 g/mol. The number of nitrogens with one attached hydrogen (secondary N) is 1. The van der Waals surface area contributed by atoms with Crippen LogP contribution in [-0.4, -0.2) is 28.3 Å². The van der Waals surface area contributed by atoms with E-state index in [2.05, 4.69) is 15.5 Å². The van der Waals surface area contributed by atoms with Crippen LogP contribution < -0.4 is 10.1 Å². The standard InChI is InChI=1S/C14H15N3O3/c1-9(13(18)16-11-4-5-11)20-12-6-2-10(3-7-12)14-17-15-8-19-14/h2-3,6-9,11H,4-5H2,1H3,(H,16,18)/t9-/m1/s1. The van der Waals surface area contributed by atoms with Crippen molar-refractivity contribution in [3.05, 3.63) is 30.7 Å². The summed E-state index contributed by atoms with van der Waals surface area (Å²) >= 11 is 0. The molecule has 6 heteroatoms. The second-order valence-corrected chi connectivity index (χ2v) is 4.81. The molecule has 3 rings (SSSR count). The molecule has 1 heterocycles. The first-order chi connectivity index (χ1) is 9.72. The minimum absolute atomic E-state index is 0.0755. The number of carbonyl (C=O) groups is 1. The predicted octanol–water partition coefficient (Wildman–Crippen LogP) is 1.78. The fraction of sp³-hybridized carbons (Fsp3) is 0.357. The highest BCUT2D eigenvalue weighted by molar-refractivity contribution is 5.81. The van der Waals surface area contributed by atoms with E-state index in [4.69, 9.17) is 9.15 Å². The third kappa shape index (κ3) is 2.96. The van der Waals surface area contributed by atoms with E-state index in [0.29, 0.717) is 17.7 Å². The van der Waals surface area contributed by atoms with Gasteiger partial charge in [-0.25, -0.2) is 0 Å². The summed E-state index contributed by atoms with van der Waals surface area (Å²) in [5, 5.41) is 10.4. The van der Waals surface area contributed by atoms with Gasteiger partial charge in [0, 0.05) is 11.6 Å². The first-order valence-corrected chi connectivity index (χ1v) is 6.56. The summed E-state index contributed by atoms with van der Waals surface area (Å²) in [6.07, 6.45) is 2.91. The van der Waals surface area contributed by atoms with Crippen LogP contribution in [0.1, 0.15) is 19.8 Å². The number of benzene rings is 1. The summed E-state index contributed by atoms with van der Waals surface area (Å²) in [4.78, 5) is 11.8. The SMILES string of the molecule is C[C@@H](Oc1ccc(-c2nnco2)cc1)C(=O)NC1CC1. The largest absolute Gasteiger partial charge is 0.481 e. The van der Waals surface area contributed by atoms with Crippen molar-refractivity contribution in [3.8, 4) is 17.2 Å². The molecule has 0 bridgehead atoms. The number of ether oxygens (including phenoxy) is 1. The Morgan fingerprint density at radius 2 is 2.15 bits per heavy atom. The Bertz CT molecular complexity index is 576. The van der Waals surface area contributed by atoms with E-state index in [-0.39, 0.29) is 5.91 Å². The predicted molar refractivity (Wildman–Crippen MR) is 71.0 cm³/mol. The Balaban J connectivity index is 1.61. The summed E-state index contributed by atoms with van der Waals surface area (Å²) in [7, 11) is 0. The zero-order chi connectivity index (χ0) is 13.9.